The summed E-state index contributed by atoms with van der Waals surface area (Å²) < 4.78 is 37.7. The normalized spacial score (nSPS) is 14.0. The highest BCUT2D eigenvalue weighted by atomic mass is 32.2. The number of hydrogen-bond donors (Lipinski definition) is 1. The van der Waals surface area contributed by atoms with Crippen LogP contribution >= 0.6 is 0 Å². The summed E-state index contributed by atoms with van der Waals surface area (Å²) in [5.41, 5.74) is 1.85. The SMILES string of the molecule is CCCCCCCCCCCCCCCCCCN1C(C(C(=O)Nc2cc(C)ccc2OCCCCCCCC)n2ccnc2)=Nc2ccccc2S1(=O)=O. The molecular weight excluding hydrogens is 707 g/mol. The number of amidine groups is 1. The quantitative estimate of drug-likeness (QED) is 0.0707. The molecule has 1 N–H and O–H groups in total. The number of aliphatic imine (C=N–C) groups is 1. The van der Waals surface area contributed by atoms with Crippen molar-refractivity contribution in [1.29, 1.82) is 0 Å². The van der Waals surface area contributed by atoms with E-state index < -0.39 is 22.0 Å². The standard InChI is InChI=1S/C45H69N5O4S/c1-4-6-8-10-12-13-14-15-16-17-18-19-20-21-22-26-33-50-44(47-39-28-24-25-29-42(39)55(50,52)53)43(49-34-32-46-37-49)45(51)48-40-36-38(3)30-31-41(40)54-35-27-23-11-9-7-5-2/h24-25,28-32,34,36-37,43H,4-23,26-27,33,35H2,1-3H3,(H,48,51). The number of carbonyl (C=O) groups excluding carboxylic acids is 1. The summed E-state index contributed by atoms with van der Waals surface area (Å²) in [6, 6.07) is 11.4. The second kappa shape index (κ2) is 24.8. The molecule has 3 aromatic rings. The van der Waals surface area contributed by atoms with Gasteiger partial charge in [0.05, 0.1) is 24.3 Å². The predicted octanol–water partition coefficient (Wildman–Crippen LogP) is 12.1. The molecule has 2 aromatic carbocycles. The summed E-state index contributed by atoms with van der Waals surface area (Å²) in [4.78, 5) is 23.7. The number of carbonyl (C=O) groups is 1. The Balaban J connectivity index is 1.37. The van der Waals surface area contributed by atoms with Crippen LogP contribution in [0.15, 0.2) is 71.1 Å². The molecule has 0 radical (unpaired) electrons. The fourth-order valence-corrected chi connectivity index (χ4v) is 8.99. The molecule has 0 fully saturated rings. The number of aromatic nitrogens is 2. The van der Waals surface area contributed by atoms with Crippen molar-refractivity contribution in [3.8, 4) is 5.75 Å². The zero-order chi connectivity index (χ0) is 39.1. The van der Waals surface area contributed by atoms with Gasteiger partial charge in [-0.2, -0.15) is 0 Å². The molecule has 0 saturated heterocycles. The molecule has 0 saturated carbocycles. The van der Waals surface area contributed by atoms with Crippen LogP contribution in [-0.2, 0) is 14.8 Å². The molecule has 0 aliphatic carbocycles. The first-order valence-corrected chi connectivity index (χ1v) is 23.0. The molecular formula is C45H69N5O4S. The molecule has 4 rings (SSSR count). The molecule has 0 spiro atoms. The number of benzene rings is 2. The van der Waals surface area contributed by atoms with Crippen LogP contribution < -0.4 is 10.1 Å². The van der Waals surface area contributed by atoms with Crippen molar-refractivity contribution in [2.24, 2.45) is 4.99 Å². The van der Waals surface area contributed by atoms with Gasteiger partial charge in [-0.25, -0.2) is 18.4 Å². The molecule has 1 unspecified atom stereocenters. The number of fused-ring (bicyclic) bond motifs is 1. The number of ether oxygens (including phenoxy) is 1. The number of hydrogen-bond acceptors (Lipinski definition) is 6. The van der Waals surface area contributed by atoms with E-state index in [1.54, 1.807) is 47.6 Å². The topological polar surface area (TPSA) is 106 Å². The third-order valence-corrected chi connectivity index (χ3v) is 12.5. The van der Waals surface area contributed by atoms with Crippen LogP contribution in [0, 0.1) is 6.92 Å². The van der Waals surface area contributed by atoms with Gasteiger partial charge in [-0.05, 0) is 49.6 Å². The molecule has 1 atom stereocenters. The number of sulfonamides is 1. The Labute approximate surface area is 332 Å². The second-order valence-electron chi connectivity index (χ2n) is 15.3. The third-order valence-electron chi connectivity index (χ3n) is 10.6. The molecule has 9 nitrogen and oxygen atoms in total. The van der Waals surface area contributed by atoms with E-state index in [1.807, 2.05) is 25.1 Å². The lowest BCUT2D eigenvalue weighted by atomic mass is 10.0. The van der Waals surface area contributed by atoms with Crippen LogP contribution in [0.1, 0.15) is 167 Å². The van der Waals surface area contributed by atoms with Gasteiger partial charge in [-0.15, -0.1) is 0 Å². The number of anilines is 1. The van der Waals surface area contributed by atoms with Crippen molar-refractivity contribution >= 4 is 33.1 Å². The van der Waals surface area contributed by atoms with Gasteiger partial charge in [0.1, 0.15) is 10.6 Å². The molecule has 1 aliphatic rings. The average Bonchev–Trinajstić information content (AvgIpc) is 3.70. The number of rotatable bonds is 29. The van der Waals surface area contributed by atoms with Crippen molar-refractivity contribution in [3.05, 3.63) is 66.7 Å². The van der Waals surface area contributed by atoms with Crippen molar-refractivity contribution < 1.29 is 17.9 Å². The highest BCUT2D eigenvalue weighted by Crippen LogP contribution is 2.36. The van der Waals surface area contributed by atoms with Crippen LogP contribution in [0.2, 0.25) is 0 Å². The lowest BCUT2D eigenvalue weighted by Crippen LogP contribution is -2.47. The molecule has 1 aromatic heterocycles. The maximum absolute atomic E-state index is 14.4. The maximum atomic E-state index is 14.4. The molecule has 1 aliphatic heterocycles. The Morgan fingerprint density at radius 2 is 1.31 bits per heavy atom. The van der Waals surface area contributed by atoms with Gasteiger partial charge in [-0.1, -0.05) is 160 Å². The van der Waals surface area contributed by atoms with Gasteiger partial charge in [0.2, 0.25) is 0 Å². The summed E-state index contributed by atoms with van der Waals surface area (Å²) in [6.07, 6.45) is 31.6. The minimum atomic E-state index is -3.97. The molecule has 304 valence electrons. The van der Waals surface area contributed by atoms with Crippen molar-refractivity contribution in [2.75, 3.05) is 18.5 Å². The number of para-hydroxylation sites is 1. The van der Waals surface area contributed by atoms with Crippen LogP contribution in [-0.4, -0.2) is 47.2 Å². The average molecular weight is 776 g/mol. The van der Waals surface area contributed by atoms with Gasteiger partial charge in [0, 0.05) is 18.9 Å². The van der Waals surface area contributed by atoms with E-state index in [-0.39, 0.29) is 17.3 Å². The van der Waals surface area contributed by atoms with Crippen LogP contribution in [0.4, 0.5) is 11.4 Å². The smallest absolute Gasteiger partial charge is 0.267 e. The summed E-state index contributed by atoms with van der Waals surface area (Å²) in [6.45, 7) is 7.24. The predicted molar refractivity (Wildman–Crippen MR) is 227 cm³/mol. The van der Waals surface area contributed by atoms with E-state index in [1.165, 1.54) is 107 Å². The van der Waals surface area contributed by atoms with Crippen LogP contribution in [0.3, 0.4) is 0 Å². The van der Waals surface area contributed by atoms with E-state index in [9.17, 15) is 13.2 Å². The number of aryl methyl sites for hydroxylation is 1. The first-order chi connectivity index (χ1) is 26.9. The zero-order valence-corrected chi connectivity index (χ0v) is 35.0. The van der Waals surface area contributed by atoms with Crippen molar-refractivity contribution in [2.45, 2.75) is 173 Å². The minimum Gasteiger partial charge on any atom is -0.491 e. The summed E-state index contributed by atoms with van der Waals surface area (Å²) in [5, 5.41) is 3.09. The number of amides is 1. The fourth-order valence-electron chi connectivity index (χ4n) is 7.37. The first-order valence-electron chi connectivity index (χ1n) is 21.6. The second-order valence-corrected chi connectivity index (χ2v) is 17.2. The van der Waals surface area contributed by atoms with Crippen LogP contribution in [0.5, 0.6) is 5.75 Å². The van der Waals surface area contributed by atoms with Crippen molar-refractivity contribution in [3.63, 3.8) is 0 Å². The molecule has 2 heterocycles. The van der Waals surface area contributed by atoms with Gasteiger partial charge in [0.15, 0.2) is 11.9 Å². The number of nitrogens with zero attached hydrogens (tertiary/aromatic N) is 4. The fraction of sp³-hybridized carbons (Fsp3) is 0.622. The van der Waals surface area contributed by atoms with Gasteiger partial charge < -0.3 is 14.6 Å². The lowest BCUT2D eigenvalue weighted by Gasteiger charge is -2.33. The monoisotopic (exact) mass is 776 g/mol. The number of unbranched alkanes of at least 4 members (excludes halogenated alkanes) is 20. The maximum Gasteiger partial charge on any atom is 0.267 e. The Kier molecular flexibility index (Phi) is 19.8. The first kappa shape index (κ1) is 44.1. The van der Waals surface area contributed by atoms with Gasteiger partial charge >= 0.3 is 0 Å². The summed E-state index contributed by atoms with van der Waals surface area (Å²) in [5.74, 6) is 0.334. The largest absolute Gasteiger partial charge is 0.491 e. The third kappa shape index (κ3) is 14.4. The molecule has 10 heteroatoms. The summed E-state index contributed by atoms with van der Waals surface area (Å²) in [7, 11) is -3.97. The Morgan fingerprint density at radius 3 is 1.89 bits per heavy atom. The molecule has 1 amide bonds. The summed E-state index contributed by atoms with van der Waals surface area (Å²) >= 11 is 0. The van der Waals surface area contributed by atoms with E-state index >= 15 is 0 Å². The van der Waals surface area contributed by atoms with Gasteiger partial charge in [0.25, 0.3) is 15.9 Å². The van der Waals surface area contributed by atoms with E-state index in [0.717, 1.165) is 37.7 Å². The van der Waals surface area contributed by atoms with Crippen LogP contribution in [0.25, 0.3) is 0 Å². The number of nitrogens with one attached hydrogen (secondary N) is 1. The van der Waals surface area contributed by atoms with E-state index in [4.69, 9.17) is 9.73 Å². The molecule has 0 bridgehead atoms. The van der Waals surface area contributed by atoms with E-state index in [0.29, 0.717) is 30.2 Å². The Bertz CT molecular complexity index is 1670. The lowest BCUT2D eigenvalue weighted by molar-refractivity contribution is -0.117. The zero-order valence-electron chi connectivity index (χ0n) is 34.2. The van der Waals surface area contributed by atoms with E-state index in [2.05, 4.69) is 24.1 Å². The number of imidazole rings is 1. The Morgan fingerprint density at radius 1 is 0.745 bits per heavy atom. The highest BCUT2D eigenvalue weighted by Gasteiger charge is 2.40. The minimum absolute atomic E-state index is 0.157. The Hall–Kier alpha value is -3.66. The molecule has 55 heavy (non-hydrogen) atoms. The van der Waals surface area contributed by atoms with Crippen molar-refractivity contribution in [1.82, 2.24) is 13.9 Å². The highest BCUT2D eigenvalue weighted by molar-refractivity contribution is 7.90. The van der Waals surface area contributed by atoms with Gasteiger partial charge in [-0.3, -0.25) is 9.10 Å².